The van der Waals surface area contributed by atoms with Gasteiger partial charge in [0, 0.05) is 19.8 Å². The van der Waals surface area contributed by atoms with Crippen LogP contribution in [-0.4, -0.2) is 35.1 Å². The molecule has 0 aromatic rings. The van der Waals surface area contributed by atoms with Crippen molar-refractivity contribution in [1.29, 1.82) is 0 Å². The quantitative estimate of drug-likeness (QED) is 0.533. The van der Waals surface area contributed by atoms with E-state index in [4.69, 9.17) is 15.3 Å². The van der Waals surface area contributed by atoms with Crippen LogP contribution in [0.3, 0.4) is 0 Å². The van der Waals surface area contributed by atoms with Crippen LogP contribution in [-0.2, 0) is 0 Å². The van der Waals surface area contributed by atoms with Crippen molar-refractivity contribution >= 4 is 0 Å². The van der Waals surface area contributed by atoms with Gasteiger partial charge in [0.05, 0.1) is 0 Å². The van der Waals surface area contributed by atoms with Gasteiger partial charge in [0.2, 0.25) is 0 Å². The second kappa shape index (κ2) is 7.30. The summed E-state index contributed by atoms with van der Waals surface area (Å²) in [5, 5.41) is 26.8. The Hall–Kier alpha value is -0.120. The van der Waals surface area contributed by atoms with Crippen molar-refractivity contribution in [2.45, 2.75) is 39.0 Å². The van der Waals surface area contributed by atoms with Crippen molar-refractivity contribution < 1.29 is 15.3 Å². The van der Waals surface area contributed by atoms with E-state index in [1.54, 1.807) is 0 Å². The number of rotatable bonds is 8. The fourth-order valence-electron chi connectivity index (χ4n) is 1.99. The van der Waals surface area contributed by atoms with Crippen LogP contribution in [0.1, 0.15) is 39.0 Å². The molecule has 0 bridgehead atoms. The first-order valence-corrected chi connectivity index (χ1v) is 5.07. The second-order valence-corrected chi connectivity index (χ2v) is 3.67. The minimum absolute atomic E-state index is 0.0486. The second-order valence-electron chi connectivity index (χ2n) is 3.67. The predicted molar refractivity (Wildman–Crippen MR) is 52.4 cm³/mol. The Balaban J connectivity index is 4.19. The van der Waals surface area contributed by atoms with Gasteiger partial charge in [-0.05, 0) is 31.1 Å². The molecule has 0 unspecified atom stereocenters. The highest BCUT2D eigenvalue weighted by atomic mass is 16.3. The molecule has 13 heavy (non-hydrogen) atoms. The van der Waals surface area contributed by atoms with Gasteiger partial charge < -0.3 is 15.3 Å². The normalized spacial score (nSPS) is 12.0. The van der Waals surface area contributed by atoms with Crippen LogP contribution in [0.4, 0.5) is 0 Å². The third-order valence-corrected chi connectivity index (χ3v) is 2.71. The maximum atomic E-state index is 8.92. The summed E-state index contributed by atoms with van der Waals surface area (Å²) in [7, 11) is 0. The van der Waals surface area contributed by atoms with E-state index in [9.17, 15) is 0 Å². The average molecular weight is 190 g/mol. The van der Waals surface area contributed by atoms with E-state index in [1.165, 1.54) is 0 Å². The molecule has 0 heterocycles. The van der Waals surface area contributed by atoms with Crippen molar-refractivity contribution in [2.75, 3.05) is 19.8 Å². The Bertz CT molecular complexity index is 85.2. The fraction of sp³-hybridized carbons (Fsp3) is 1.00. The van der Waals surface area contributed by atoms with Gasteiger partial charge in [-0.1, -0.05) is 13.3 Å². The van der Waals surface area contributed by atoms with Crippen molar-refractivity contribution in [1.82, 2.24) is 0 Å². The summed E-state index contributed by atoms with van der Waals surface area (Å²) in [4.78, 5) is 0. The van der Waals surface area contributed by atoms with Gasteiger partial charge in [-0.15, -0.1) is 0 Å². The summed E-state index contributed by atoms with van der Waals surface area (Å²) in [6, 6.07) is 0. The highest BCUT2D eigenvalue weighted by Crippen LogP contribution is 2.35. The van der Waals surface area contributed by atoms with E-state index in [0.29, 0.717) is 19.3 Å². The molecule has 0 atom stereocenters. The first kappa shape index (κ1) is 12.9. The molecule has 0 aromatic carbocycles. The van der Waals surface area contributed by atoms with Crippen LogP contribution in [0, 0.1) is 5.41 Å². The number of aliphatic hydroxyl groups excluding tert-OH is 3. The molecule has 0 aliphatic rings. The lowest BCUT2D eigenvalue weighted by molar-refractivity contribution is 0.0905. The average Bonchev–Trinajstić information content (AvgIpc) is 2.06. The zero-order valence-corrected chi connectivity index (χ0v) is 8.50. The third-order valence-electron chi connectivity index (χ3n) is 2.71. The van der Waals surface area contributed by atoms with Gasteiger partial charge in [0.1, 0.15) is 0 Å². The lowest BCUT2D eigenvalue weighted by Gasteiger charge is -2.32. The molecule has 3 heteroatoms. The molecule has 3 N–H and O–H groups in total. The molecule has 3 nitrogen and oxygen atoms in total. The first-order chi connectivity index (χ1) is 6.24. The molecule has 0 aromatic heterocycles. The zero-order chi connectivity index (χ0) is 10.2. The molecular weight excluding hydrogens is 168 g/mol. The van der Waals surface area contributed by atoms with Crippen LogP contribution in [0.15, 0.2) is 0 Å². The molecule has 0 saturated carbocycles. The Morgan fingerprint density at radius 1 is 0.769 bits per heavy atom. The molecule has 0 rings (SSSR count). The molecule has 0 radical (unpaired) electrons. The molecular formula is C10H22O3. The van der Waals surface area contributed by atoms with Gasteiger partial charge in [0.15, 0.2) is 0 Å². The number of aliphatic hydroxyl groups is 3. The molecule has 0 aliphatic heterocycles. The van der Waals surface area contributed by atoms with E-state index < -0.39 is 0 Å². The van der Waals surface area contributed by atoms with Crippen LogP contribution >= 0.6 is 0 Å². The van der Waals surface area contributed by atoms with Crippen LogP contribution in [0.5, 0.6) is 0 Å². The predicted octanol–water partition coefficient (Wildman–Crippen LogP) is 0.920. The zero-order valence-electron chi connectivity index (χ0n) is 8.50. The van der Waals surface area contributed by atoms with Gasteiger partial charge in [-0.2, -0.15) is 0 Å². The van der Waals surface area contributed by atoms with E-state index in [1.807, 2.05) is 0 Å². The maximum Gasteiger partial charge on any atom is 0.0436 e. The van der Waals surface area contributed by atoms with Gasteiger partial charge in [-0.3, -0.25) is 0 Å². The molecule has 0 fully saturated rings. The van der Waals surface area contributed by atoms with Crippen LogP contribution in [0.2, 0.25) is 0 Å². The minimum Gasteiger partial charge on any atom is -0.396 e. The van der Waals surface area contributed by atoms with Crippen molar-refractivity contribution in [2.24, 2.45) is 5.41 Å². The highest BCUT2D eigenvalue weighted by molar-refractivity contribution is 4.78. The van der Waals surface area contributed by atoms with Gasteiger partial charge in [0.25, 0.3) is 0 Å². The highest BCUT2D eigenvalue weighted by Gasteiger charge is 2.27. The smallest absolute Gasteiger partial charge is 0.0436 e. The van der Waals surface area contributed by atoms with E-state index in [0.717, 1.165) is 12.8 Å². The Morgan fingerprint density at radius 2 is 1.15 bits per heavy atom. The molecule has 0 saturated heterocycles. The van der Waals surface area contributed by atoms with E-state index >= 15 is 0 Å². The first-order valence-electron chi connectivity index (χ1n) is 5.07. The summed E-state index contributed by atoms with van der Waals surface area (Å²) >= 11 is 0. The molecule has 80 valence electrons. The van der Waals surface area contributed by atoms with Gasteiger partial charge in [-0.25, -0.2) is 0 Å². The standard InChI is InChI=1S/C10H22O3/c1-2-3-10(4-7-11,5-8-12)6-9-13/h11-13H,2-9H2,1H3. The van der Waals surface area contributed by atoms with E-state index in [-0.39, 0.29) is 25.2 Å². The molecule has 0 aliphatic carbocycles. The lowest BCUT2D eigenvalue weighted by atomic mass is 9.75. The third kappa shape index (κ3) is 4.60. The molecule has 0 amide bonds. The topological polar surface area (TPSA) is 60.7 Å². The SMILES string of the molecule is CCCC(CCO)(CCO)CCO. The Labute approximate surface area is 80.4 Å². The van der Waals surface area contributed by atoms with Crippen molar-refractivity contribution in [3.05, 3.63) is 0 Å². The Morgan fingerprint density at radius 3 is 1.38 bits per heavy atom. The van der Waals surface area contributed by atoms with Gasteiger partial charge >= 0.3 is 0 Å². The molecule has 0 spiro atoms. The number of hydrogen-bond acceptors (Lipinski definition) is 3. The lowest BCUT2D eigenvalue weighted by Crippen LogP contribution is -2.25. The monoisotopic (exact) mass is 190 g/mol. The summed E-state index contributed by atoms with van der Waals surface area (Å²) in [6.07, 6.45) is 4.04. The fourth-order valence-corrected chi connectivity index (χ4v) is 1.99. The summed E-state index contributed by atoms with van der Waals surface area (Å²) in [5.74, 6) is 0. The summed E-state index contributed by atoms with van der Waals surface area (Å²) in [5.41, 5.74) is -0.0486. The summed E-state index contributed by atoms with van der Waals surface area (Å²) in [6.45, 7) is 2.50. The van der Waals surface area contributed by atoms with E-state index in [2.05, 4.69) is 6.92 Å². The van der Waals surface area contributed by atoms with Crippen LogP contribution < -0.4 is 0 Å². The van der Waals surface area contributed by atoms with Crippen molar-refractivity contribution in [3.63, 3.8) is 0 Å². The largest absolute Gasteiger partial charge is 0.396 e. The minimum atomic E-state index is -0.0486. The number of hydrogen-bond donors (Lipinski definition) is 3. The van der Waals surface area contributed by atoms with Crippen molar-refractivity contribution in [3.8, 4) is 0 Å². The van der Waals surface area contributed by atoms with Crippen LogP contribution in [0.25, 0.3) is 0 Å². The summed E-state index contributed by atoms with van der Waals surface area (Å²) < 4.78 is 0. The Kier molecular flexibility index (Phi) is 7.23. The maximum absolute atomic E-state index is 8.92.